The zero-order valence-electron chi connectivity index (χ0n) is 10.9. The summed E-state index contributed by atoms with van der Waals surface area (Å²) in [7, 11) is 0. The molecule has 3 rings (SSSR count). The quantitative estimate of drug-likeness (QED) is 0.884. The third-order valence-electron chi connectivity index (χ3n) is 3.57. The molecule has 0 aliphatic heterocycles. The van der Waals surface area contributed by atoms with Gasteiger partial charge in [-0.2, -0.15) is 4.98 Å². The van der Waals surface area contributed by atoms with Crippen LogP contribution in [0.1, 0.15) is 43.3 Å². The van der Waals surface area contributed by atoms with E-state index in [0.29, 0.717) is 35.2 Å². The van der Waals surface area contributed by atoms with Gasteiger partial charge in [-0.15, -0.1) is 0 Å². The van der Waals surface area contributed by atoms with Crippen LogP contribution >= 0.6 is 0 Å². The molecule has 2 heterocycles. The summed E-state index contributed by atoms with van der Waals surface area (Å²) < 4.78 is 5.37. The molecule has 0 spiro atoms. The molecule has 6 heteroatoms. The molecule has 0 aromatic carbocycles. The largest absolute Gasteiger partial charge is 0.339 e. The number of hydrogen-bond donors (Lipinski definition) is 1. The summed E-state index contributed by atoms with van der Waals surface area (Å²) >= 11 is 0. The van der Waals surface area contributed by atoms with E-state index in [9.17, 15) is 0 Å². The maximum atomic E-state index is 5.90. The summed E-state index contributed by atoms with van der Waals surface area (Å²) in [6.07, 6.45) is 5.79. The summed E-state index contributed by atoms with van der Waals surface area (Å²) in [5, 5.41) is 4.01. The van der Waals surface area contributed by atoms with Gasteiger partial charge in [0.2, 0.25) is 11.7 Å². The molecule has 0 bridgehead atoms. The van der Waals surface area contributed by atoms with E-state index in [1.54, 1.807) is 12.3 Å². The molecule has 0 unspecified atom stereocenters. The Morgan fingerprint density at radius 2 is 2.00 bits per heavy atom. The van der Waals surface area contributed by atoms with Crippen LogP contribution in [-0.2, 0) is 0 Å². The van der Waals surface area contributed by atoms with Gasteiger partial charge in [-0.25, -0.2) is 9.97 Å². The lowest BCUT2D eigenvalue weighted by molar-refractivity contribution is 0.301. The smallest absolute Gasteiger partial charge is 0.230 e. The molecular formula is C13H17N5O. The third kappa shape index (κ3) is 2.63. The molecule has 1 aliphatic rings. The lowest BCUT2D eigenvalue weighted by Gasteiger charge is -2.22. The van der Waals surface area contributed by atoms with Crippen molar-refractivity contribution < 1.29 is 4.52 Å². The van der Waals surface area contributed by atoms with Gasteiger partial charge < -0.3 is 10.3 Å². The van der Waals surface area contributed by atoms with Crippen molar-refractivity contribution in [2.24, 2.45) is 5.73 Å². The minimum atomic E-state index is 0.322. The van der Waals surface area contributed by atoms with Crippen LogP contribution in [0.15, 0.2) is 16.8 Å². The molecule has 1 saturated carbocycles. The minimum absolute atomic E-state index is 0.322. The van der Waals surface area contributed by atoms with Crippen LogP contribution in [0.3, 0.4) is 0 Å². The van der Waals surface area contributed by atoms with E-state index in [-0.39, 0.29) is 0 Å². The normalized spacial score (nSPS) is 23.5. The Labute approximate surface area is 111 Å². The summed E-state index contributed by atoms with van der Waals surface area (Å²) in [5.41, 5.74) is 6.61. The lowest BCUT2D eigenvalue weighted by Crippen LogP contribution is -2.25. The maximum Gasteiger partial charge on any atom is 0.230 e. The second-order valence-corrected chi connectivity index (χ2v) is 5.06. The van der Waals surface area contributed by atoms with Gasteiger partial charge in [-0.05, 0) is 38.7 Å². The molecule has 0 radical (unpaired) electrons. The predicted molar refractivity (Wildman–Crippen MR) is 69.2 cm³/mol. The summed E-state index contributed by atoms with van der Waals surface area (Å²) in [6.45, 7) is 1.84. The Morgan fingerprint density at radius 3 is 2.74 bits per heavy atom. The molecule has 0 atom stereocenters. The first-order chi connectivity index (χ1) is 9.22. The average Bonchev–Trinajstić information content (AvgIpc) is 2.89. The minimum Gasteiger partial charge on any atom is -0.339 e. The van der Waals surface area contributed by atoms with Crippen LogP contribution < -0.4 is 5.73 Å². The molecule has 2 aromatic rings. The van der Waals surface area contributed by atoms with E-state index in [2.05, 4.69) is 20.1 Å². The first kappa shape index (κ1) is 12.2. The van der Waals surface area contributed by atoms with Crippen molar-refractivity contribution in [1.29, 1.82) is 0 Å². The van der Waals surface area contributed by atoms with Crippen LogP contribution in [0.4, 0.5) is 0 Å². The Hall–Kier alpha value is -1.82. The van der Waals surface area contributed by atoms with Gasteiger partial charge in [0, 0.05) is 18.2 Å². The molecule has 0 amide bonds. The highest BCUT2D eigenvalue weighted by Crippen LogP contribution is 2.31. The fraction of sp³-hybridized carbons (Fsp3) is 0.538. The van der Waals surface area contributed by atoms with Crippen LogP contribution in [0.2, 0.25) is 0 Å². The molecule has 6 nitrogen and oxygen atoms in total. The van der Waals surface area contributed by atoms with Crippen LogP contribution in [-0.4, -0.2) is 26.2 Å². The van der Waals surface area contributed by atoms with Crippen LogP contribution in [0.5, 0.6) is 0 Å². The Balaban J connectivity index is 1.80. The second-order valence-electron chi connectivity index (χ2n) is 5.06. The van der Waals surface area contributed by atoms with Crippen molar-refractivity contribution in [1.82, 2.24) is 20.1 Å². The highest BCUT2D eigenvalue weighted by molar-refractivity contribution is 5.47. The van der Waals surface area contributed by atoms with Crippen LogP contribution in [0.25, 0.3) is 11.5 Å². The standard InChI is InChI=1S/C13H17N5O/c1-8-15-7-6-11(16-8)12-17-13(19-18-12)9-2-4-10(14)5-3-9/h6-7,9-10H,2-5,14H2,1H3. The summed E-state index contributed by atoms with van der Waals surface area (Å²) in [6, 6.07) is 2.11. The van der Waals surface area contributed by atoms with Crippen molar-refractivity contribution in [2.75, 3.05) is 0 Å². The molecule has 2 aromatic heterocycles. The van der Waals surface area contributed by atoms with Crippen molar-refractivity contribution in [3.63, 3.8) is 0 Å². The summed E-state index contributed by atoms with van der Waals surface area (Å²) in [5.74, 6) is 2.28. The van der Waals surface area contributed by atoms with E-state index in [1.165, 1.54) is 0 Å². The SMILES string of the molecule is Cc1nccc(-c2noc(C3CCC(N)CC3)n2)n1. The van der Waals surface area contributed by atoms with Gasteiger partial charge in [0.05, 0.1) is 0 Å². The van der Waals surface area contributed by atoms with Crippen molar-refractivity contribution in [3.05, 3.63) is 24.0 Å². The molecule has 0 saturated heterocycles. The molecule has 2 N–H and O–H groups in total. The highest BCUT2D eigenvalue weighted by Gasteiger charge is 2.25. The lowest BCUT2D eigenvalue weighted by atomic mass is 9.86. The zero-order valence-corrected chi connectivity index (χ0v) is 10.9. The second kappa shape index (κ2) is 5.05. The average molecular weight is 259 g/mol. The topological polar surface area (TPSA) is 90.7 Å². The zero-order chi connectivity index (χ0) is 13.2. The Morgan fingerprint density at radius 1 is 1.21 bits per heavy atom. The number of nitrogens with two attached hydrogens (primary N) is 1. The van der Waals surface area contributed by atoms with Gasteiger partial charge in [-0.3, -0.25) is 0 Å². The van der Waals surface area contributed by atoms with E-state index < -0.39 is 0 Å². The fourth-order valence-corrected chi connectivity index (χ4v) is 2.45. The monoisotopic (exact) mass is 259 g/mol. The number of rotatable bonds is 2. The summed E-state index contributed by atoms with van der Waals surface area (Å²) in [4.78, 5) is 12.8. The van der Waals surface area contributed by atoms with Crippen molar-refractivity contribution >= 4 is 0 Å². The van der Waals surface area contributed by atoms with Gasteiger partial charge in [0.25, 0.3) is 0 Å². The molecule has 1 fully saturated rings. The highest BCUT2D eigenvalue weighted by atomic mass is 16.5. The molecule has 19 heavy (non-hydrogen) atoms. The van der Waals surface area contributed by atoms with Gasteiger partial charge in [0.15, 0.2) is 0 Å². The fourth-order valence-electron chi connectivity index (χ4n) is 2.45. The first-order valence-electron chi connectivity index (χ1n) is 6.61. The number of aryl methyl sites for hydroxylation is 1. The predicted octanol–water partition coefficient (Wildman–Crippen LogP) is 1.82. The van der Waals surface area contributed by atoms with E-state index >= 15 is 0 Å². The van der Waals surface area contributed by atoms with Crippen molar-refractivity contribution in [2.45, 2.75) is 44.6 Å². The molecular weight excluding hydrogens is 242 g/mol. The Bertz CT molecular complexity index is 560. The number of hydrogen-bond acceptors (Lipinski definition) is 6. The molecule has 100 valence electrons. The van der Waals surface area contributed by atoms with Gasteiger partial charge in [-0.1, -0.05) is 5.16 Å². The first-order valence-corrected chi connectivity index (χ1v) is 6.61. The van der Waals surface area contributed by atoms with E-state index in [1.807, 2.05) is 6.92 Å². The number of aromatic nitrogens is 4. The van der Waals surface area contributed by atoms with Gasteiger partial charge >= 0.3 is 0 Å². The molecule has 1 aliphatic carbocycles. The third-order valence-corrected chi connectivity index (χ3v) is 3.57. The van der Waals surface area contributed by atoms with Crippen LogP contribution in [0, 0.1) is 6.92 Å². The van der Waals surface area contributed by atoms with Crippen molar-refractivity contribution in [3.8, 4) is 11.5 Å². The van der Waals surface area contributed by atoms with E-state index in [4.69, 9.17) is 10.3 Å². The van der Waals surface area contributed by atoms with Gasteiger partial charge in [0.1, 0.15) is 11.5 Å². The van der Waals surface area contributed by atoms with E-state index in [0.717, 1.165) is 25.7 Å². The maximum absolute atomic E-state index is 5.90. The Kier molecular flexibility index (Phi) is 3.25. The number of nitrogens with zero attached hydrogens (tertiary/aromatic N) is 4.